The van der Waals surface area contributed by atoms with E-state index in [2.05, 4.69) is 53.0 Å². The van der Waals surface area contributed by atoms with Crippen molar-refractivity contribution >= 4 is 34.8 Å². The second-order valence-corrected chi connectivity index (χ2v) is 10.6. The Bertz CT molecular complexity index is 1240. The van der Waals surface area contributed by atoms with Gasteiger partial charge in [0.1, 0.15) is 6.04 Å². The molecule has 1 aromatic carbocycles. The van der Waals surface area contributed by atoms with Crippen LogP contribution in [0.5, 0.6) is 0 Å². The van der Waals surface area contributed by atoms with Crippen molar-refractivity contribution in [3.05, 3.63) is 93.9 Å². The number of hydrogen-bond acceptors (Lipinski definition) is 6. The molecule has 2 amide bonds. The number of carbonyl (C=O) groups excluding carboxylic acids is 3. The topological polar surface area (TPSA) is 96.9 Å². The number of rotatable bonds is 16. The van der Waals surface area contributed by atoms with Gasteiger partial charge in [-0.25, -0.2) is 4.79 Å². The number of aliphatic imine (C=N–C) groups is 1. The first-order chi connectivity index (χ1) is 19.2. The summed E-state index contributed by atoms with van der Waals surface area (Å²) in [6, 6.07) is 11.1. The highest BCUT2D eigenvalue weighted by Gasteiger charge is 2.25. The van der Waals surface area contributed by atoms with Crippen molar-refractivity contribution < 1.29 is 19.1 Å². The van der Waals surface area contributed by atoms with Crippen LogP contribution in [0.4, 0.5) is 0 Å². The second kappa shape index (κ2) is 17.0. The minimum atomic E-state index is -1.07. The number of hydrogen-bond donors (Lipinski definition) is 2. The van der Waals surface area contributed by atoms with Gasteiger partial charge in [0, 0.05) is 12.3 Å². The lowest BCUT2D eigenvalue weighted by Gasteiger charge is -2.19. The zero-order valence-corrected chi connectivity index (χ0v) is 24.9. The molecular formula is C32H41N3O4S. The van der Waals surface area contributed by atoms with Crippen LogP contribution in [0, 0.1) is 0 Å². The van der Waals surface area contributed by atoms with E-state index in [1.54, 1.807) is 31.4 Å². The van der Waals surface area contributed by atoms with E-state index in [0.717, 1.165) is 44.2 Å². The predicted molar refractivity (Wildman–Crippen MR) is 164 cm³/mol. The average molecular weight is 564 g/mol. The fourth-order valence-electron chi connectivity index (χ4n) is 4.24. The fourth-order valence-corrected chi connectivity index (χ4v) is 4.88. The van der Waals surface area contributed by atoms with Crippen molar-refractivity contribution in [3.63, 3.8) is 0 Å². The molecule has 0 aliphatic carbocycles. The number of allylic oxidation sites excluding steroid dienone is 2. The highest BCUT2D eigenvalue weighted by molar-refractivity contribution is 7.12. The molecule has 0 spiro atoms. The molecule has 0 saturated heterocycles. The van der Waals surface area contributed by atoms with Crippen LogP contribution in [0.2, 0.25) is 0 Å². The molecule has 214 valence electrons. The number of methoxy groups -OCH3 is 1. The van der Waals surface area contributed by atoms with Gasteiger partial charge in [0.05, 0.1) is 23.3 Å². The number of ether oxygens (including phenoxy) is 1. The van der Waals surface area contributed by atoms with E-state index < -0.39 is 17.9 Å². The molecule has 1 aromatic heterocycles. The van der Waals surface area contributed by atoms with Gasteiger partial charge in [-0.15, -0.1) is 17.9 Å². The molecule has 0 bridgehead atoms. The summed E-state index contributed by atoms with van der Waals surface area (Å²) in [6.07, 6.45) is 7.75. The predicted octanol–water partition coefficient (Wildman–Crippen LogP) is 5.98. The van der Waals surface area contributed by atoms with E-state index in [9.17, 15) is 14.4 Å². The van der Waals surface area contributed by atoms with Crippen molar-refractivity contribution in [1.82, 2.24) is 10.6 Å². The van der Waals surface area contributed by atoms with Crippen LogP contribution in [0.1, 0.15) is 67.3 Å². The summed E-state index contributed by atoms with van der Waals surface area (Å²) in [5.41, 5.74) is 4.92. The molecule has 1 heterocycles. The first kappa shape index (κ1) is 32.4. The summed E-state index contributed by atoms with van der Waals surface area (Å²) >= 11 is 1.29. The number of thiophene rings is 1. The number of unbranched alkanes of at least 4 members (excludes halogenated alkanes) is 1. The molecule has 2 rings (SSSR count). The van der Waals surface area contributed by atoms with Gasteiger partial charge in [-0.2, -0.15) is 0 Å². The Morgan fingerprint density at radius 1 is 1.07 bits per heavy atom. The molecular weight excluding hydrogens is 522 g/mol. The van der Waals surface area contributed by atoms with Gasteiger partial charge in [-0.3, -0.25) is 14.6 Å². The number of carbonyl (C=O) groups is 3. The molecule has 8 heteroatoms. The van der Waals surface area contributed by atoms with Crippen molar-refractivity contribution in [2.24, 2.45) is 4.99 Å². The highest BCUT2D eigenvalue weighted by atomic mass is 32.1. The van der Waals surface area contributed by atoms with Gasteiger partial charge < -0.3 is 15.4 Å². The first-order valence-electron chi connectivity index (χ1n) is 13.5. The van der Waals surface area contributed by atoms with Gasteiger partial charge in [-0.1, -0.05) is 43.0 Å². The summed E-state index contributed by atoms with van der Waals surface area (Å²) in [6.45, 7) is 13.1. The normalized spacial score (nSPS) is 12.7. The number of nitrogens with one attached hydrogen (secondary N) is 2. The Morgan fingerprint density at radius 3 is 2.42 bits per heavy atom. The van der Waals surface area contributed by atoms with Gasteiger partial charge in [0.2, 0.25) is 0 Å². The van der Waals surface area contributed by atoms with E-state index in [-0.39, 0.29) is 12.5 Å². The maximum atomic E-state index is 13.2. The smallest absolute Gasteiger partial charge is 0.330 e. The van der Waals surface area contributed by atoms with E-state index in [1.807, 2.05) is 13.0 Å². The lowest BCUT2D eigenvalue weighted by molar-refractivity contribution is -0.144. The zero-order valence-electron chi connectivity index (χ0n) is 24.0. The van der Waals surface area contributed by atoms with Crippen LogP contribution in [0.25, 0.3) is 0 Å². The van der Waals surface area contributed by atoms with E-state index in [4.69, 9.17) is 4.74 Å². The molecule has 0 unspecified atom stereocenters. The fraction of sp³-hybridized carbons (Fsp3) is 0.375. The van der Waals surface area contributed by atoms with E-state index >= 15 is 0 Å². The lowest BCUT2D eigenvalue weighted by Crippen LogP contribution is -2.49. The van der Waals surface area contributed by atoms with Gasteiger partial charge in [0.15, 0.2) is 0 Å². The Kier molecular flexibility index (Phi) is 13.8. The number of amides is 2. The molecule has 0 aliphatic heterocycles. The van der Waals surface area contributed by atoms with E-state index in [0.29, 0.717) is 21.7 Å². The summed E-state index contributed by atoms with van der Waals surface area (Å²) < 4.78 is 4.84. The van der Waals surface area contributed by atoms with Gasteiger partial charge in [-0.05, 0) is 87.4 Å². The van der Waals surface area contributed by atoms with E-state index in [1.165, 1.54) is 29.6 Å². The summed E-state index contributed by atoms with van der Waals surface area (Å²) in [4.78, 5) is 43.0. The number of esters is 1. The third kappa shape index (κ3) is 10.8. The second-order valence-electron chi connectivity index (χ2n) is 9.68. The van der Waals surface area contributed by atoms with Gasteiger partial charge in [0.25, 0.3) is 11.8 Å². The van der Waals surface area contributed by atoms with Crippen molar-refractivity contribution in [2.75, 3.05) is 13.7 Å². The SMILES string of the molecule is C=CCCc1cccc(CCCCC(C)=N/C(C)=C(\C(=C)C)C(=O)N[C@@H](CNC(=O)c2cccs2)C(=O)OC)c1. The Morgan fingerprint density at radius 2 is 1.80 bits per heavy atom. The standard InChI is InChI=1S/C32H41N3O4S/c1-7-8-14-25-16-11-17-26(20-25)15-10-9-13-23(4)34-24(5)29(22(2)3)31(37)35-27(32(38)39-6)21-33-30(36)28-18-12-19-40-28/h7,11-12,16-20,27H,1-2,8-10,13-15,21H2,3-6H3,(H,33,36)(H,35,37)/b29-24+,34-23?/t27-/m0/s1. The van der Waals surface area contributed by atoms with Crippen molar-refractivity contribution in [2.45, 2.75) is 65.3 Å². The van der Waals surface area contributed by atoms with Gasteiger partial charge >= 0.3 is 5.97 Å². The van der Waals surface area contributed by atoms with Crippen molar-refractivity contribution in [3.8, 4) is 0 Å². The third-order valence-corrected chi connectivity index (χ3v) is 7.13. The summed E-state index contributed by atoms with van der Waals surface area (Å²) in [7, 11) is 1.23. The lowest BCUT2D eigenvalue weighted by atomic mass is 10.0. The monoisotopic (exact) mass is 563 g/mol. The summed E-state index contributed by atoms with van der Waals surface area (Å²) in [5.74, 6) is -1.49. The minimum Gasteiger partial charge on any atom is -0.467 e. The summed E-state index contributed by atoms with van der Waals surface area (Å²) in [5, 5.41) is 7.13. The molecule has 0 radical (unpaired) electrons. The molecule has 2 N–H and O–H groups in total. The molecule has 0 fully saturated rings. The molecule has 0 saturated carbocycles. The third-order valence-electron chi connectivity index (χ3n) is 6.26. The highest BCUT2D eigenvalue weighted by Crippen LogP contribution is 2.17. The molecule has 0 aliphatic rings. The number of aryl methyl sites for hydroxylation is 2. The van der Waals surface area contributed by atoms with Crippen LogP contribution < -0.4 is 10.6 Å². The zero-order chi connectivity index (χ0) is 29.5. The van der Waals surface area contributed by atoms with Crippen LogP contribution in [-0.4, -0.2) is 43.2 Å². The van der Waals surface area contributed by atoms with Crippen LogP contribution in [0.15, 0.2) is 82.8 Å². The Hall–Kier alpha value is -3.78. The Balaban J connectivity index is 1.99. The first-order valence-corrected chi connectivity index (χ1v) is 14.3. The van der Waals surface area contributed by atoms with Crippen LogP contribution in [0.3, 0.4) is 0 Å². The quantitative estimate of drug-likeness (QED) is 0.0656. The largest absolute Gasteiger partial charge is 0.467 e. The molecule has 2 aromatic rings. The van der Waals surface area contributed by atoms with Crippen LogP contribution >= 0.6 is 11.3 Å². The Labute approximate surface area is 242 Å². The maximum absolute atomic E-state index is 13.2. The number of nitrogens with zero attached hydrogens (tertiary/aromatic N) is 1. The minimum absolute atomic E-state index is 0.114. The van der Waals surface area contributed by atoms with Crippen molar-refractivity contribution in [1.29, 1.82) is 0 Å². The molecule has 40 heavy (non-hydrogen) atoms. The number of benzene rings is 1. The molecule has 1 atom stereocenters. The van der Waals surface area contributed by atoms with Crippen LogP contribution in [-0.2, 0) is 27.2 Å². The maximum Gasteiger partial charge on any atom is 0.330 e. The molecule has 7 nitrogen and oxygen atoms in total. The average Bonchev–Trinajstić information content (AvgIpc) is 3.47.